The summed E-state index contributed by atoms with van der Waals surface area (Å²) in [5.41, 5.74) is 1.23. The van der Waals surface area contributed by atoms with Crippen molar-refractivity contribution in [2.75, 3.05) is 27.2 Å². The molecular formula is C16H25N3O. The molecule has 1 heterocycles. The molecule has 2 rings (SSSR count). The standard InChI is InChI=1S/C16H25N3O/c1-19(2)15(13-7-4-3-5-8-13)12-18-16(20)11-14-9-6-10-17-14/h3-5,7-8,14-15,17H,6,9-12H2,1-2H3,(H,18,20). The maximum absolute atomic E-state index is 12.0. The minimum Gasteiger partial charge on any atom is -0.354 e. The van der Waals surface area contributed by atoms with Crippen LogP contribution in [0, 0.1) is 0 Å². The van der Waals surface area contributed by atoms with Gasteiger partial charge in [-0.1, -0.05) is 30.3 Å². The molecule has 0 aromatic heterocycles. The molecule has 0 bridgehead atoms. The Morgan fingerprint density at radius 1 is 1.40 bits per heavy atom. The summed E-state index contributed by atoms with van der Waals surface area (Å²) in [6, 6.07) is 10.9. The zero-order chi connectivity index (χ0) is 14.4. The molecule has 1 aromatic carbocycles. The molecule has 0 spiro atoms. The Hall–Kier alpha value is -1.39. The van der Waals surface area contributed by atoms with Crippen molar-refractivity contribution in [3.63, 3.8) is 0 Å². The first kappa shape index (κ1) is 15.0. The topological polar surface area (TPSA) is 44.4 Å². The van der Waals surface area contributed by atoms with Crippen LogP contribution < -0.4 is 10.6 Å². The quantitative estimate of drug-likeness (QED) is 0.828. The lowest BCUT2D eigenvalue weighted by Crippen LogP contribution is -2.37. The van der Waals surface area contributed by atoms with E-state index >= 15 is 0 Å². The van der Waals surface area contributed by atoms with Crippen LogP contribution in [0.4, 0.5) is 0 Å². The number of hydrogen-bond donors (Lipinski definition) is 2. The van der Waals surface area contributed by atoms with Crippen LogP contribution in [-0.4, -0.2) is 44.0 Å². The number of carbonyl (C=O) groups excluding carboxylic acids is 1. The molecule has 1 aromatic rings. The third kappa shape index (κ3) is 4.32. The number of likely N-dealkylation sites (N-methyl/N-ethyl adjacent to an activating group) is 1. The molecule has 2 atom stereocenters. The van der Waals surface area contributed by atoms with Gasteiger partial charge in [0.05, 0.1) is 6.04 Å². The van der Waals surface area contributed by atoms with E-state index in [-0.39, 0.29) is 11.9 Å². The maximum atomic E-state index is 12.0. The summed E-state index contributed by atoms with van der Waals surface area (Å²) in [5, 5.41) is 6.43. The van der Waals surface area contributed by atoms with Crippen LogP contribution >= 0.6 is 0 Å². The molecular weight excluding hydrogens is 250 g/mol. The predicted molar refractivity (Wildman–Crippen MR) is 81.5 cm³/mol. The minimum absolute atomic E-state index is 0.146. The van der Waals surface area contributed by atoms with Gasteiger partial charge in [-0.3, -0.25) is 4.79 Å². The summed E-state index contributed by atoms with van der Waals surface area (Å²) in [5.74, 6) is 0.146. The fourth-order valence-electron chi connectivity index (χ4n) is 2.71. The summed E-state index contributed by atoms with van der Waals surface area (Å²) < 4.78 is 0. The van der Waals surface area contributed by atoms with Crippen molar-refractivity contribution in [1.82, 2.24) is 15.5 Å². The van der Waals surface area contributed by atoms with E-state index in [1.165, 1.54) is 12.0 Å². The molecule has 4 nitrogen and oxygen atoms in total. The van der Waals surface area contributed by atoms with Crippen LogP contribution in [0.15, 0.2) is 30.3 Å². The van der Waals surface area contributed by atoms with Crippen LogP contribution in [0.2, 0.25) is 0 Å². The van der Waals surface area contributed by atoms with Gasteiger partial charge in [-0.2, -0.15) is 0 Å². The van der Waals surface area contributed by atoms with Gasteiger partial charge in [0.2, 0.25) is 5.91 Å². The van der Waals surface area contributed by atoms with Crippen LogP contribution in [-0.2, 0) is 4.79 Å². The molecule has 2 N–H and O–H groups in total. The van der Waals surface area contributed by atoms with Crippen LogP contribution in [0.5, 0.6) is 0 Å². The first-order valence-corrected chi connectivity index (χ1v) is 7.38. The van der Waals surface area contributed by atoms with Crippen LogP contribution in [0.1, 0.15) is 30.9 Å². The number of hydrogen-bond acceptors (Lipinski definition) is 3. The second-order valence-corrected chi connectivity index (χ2v) is 5.69. The monoisotopic (exact) mass is 275 g/mol. The van der Waals surface area contributed by atoms with Crippen molar-refractivity contribution in [3.8, 4) is 0 Å². The highest BCUT2D eigenvalue weighted by molar-refractivity contribution is 5.76. The van der Waals surface area contributed by atoms with E-state index < -0.39 is 0 Å². The Kier molecular flexibility index (Phi) is 5.56. The van der Waals surface area contributed by atoms with Crippen molar-refractivity contribution in [3.05, 3.63) is 35.9 Å². The lowest BCUT2D eigenvalue weighted by Gasteiger charge is -2.25. The lowest BCUT2D eigenvalue weighted by atomic mass is 10.1. The van der Waals surface area contributed by atoms with Crippen molar-refractivity contribution in [2.45, 2.75) is 31.3 Å². The number of benzene rings is 1. The Morgan fingerprint density at radius 3 is 2.75 bits per heavy atom. The summed E-state index contributed by atoms with van der Waals surface area (Å²) >= 11 is 0. The number of carbonyl (C=O) groups is 1. The van der Waals surface area contributed by atoms with Crippen LogP contribution in [0.3, 0.4) is 0 Å². The zero-order valence-corrected chi connectivity index (χ0v) is 12.4. The highest BCUT2D eigenvalue weighted by Crippen LogP contribution is 2.17. The molecule has 4 heteroatoms. The molecule has 0 aliphatic carbocycles. The average molecular weight is 275 g/mol. The second kappa shape index (κ2) is 7.41. The second-order valence-electron chi connectivity index (χ2n) is 5.69. The largest absolute Gasteiger partial charge is 0.354 e. The molecule has 1 saturated heterocycles. The van der Waals surface area contributed by atoms with Gasteiger partial charge in [0.1, 0.15) is 0 Å². The summed E-state index contributed by atoms with van der Waals surface area (Å²) in [4.78, 5) is 14.1. The SMILES string of the molecule is CN(C)C(CNC(=O)CC1CCCN1)c1ccccc1. The fraction of sp³-hybridized carbons (Fsp3) is 0.562. The van der Waals surface area contributed by atoms with Gasteiger partial charge in [-0.25, -0.2) is 0 Å². The Balaban J connectivity index is 1.84. The van der Waals surface area contributed by atoms with Gasteiger partial charge in [-0.05, 0) is 39.0 Å². The third-order valence-electron chi connectivity index (χ3n) is 3.89. The molecule has 20 heavy (non-hydrogen) atoms. The predicted octanol–water partition coefficient (Wildman–Crippen LogP) is 1.55. The summed E-state index contributed by atoms with van der Waals surface area (Å²) in [6.45, 7) is 1.70. The van der Waals surface area contributed by atoms with Gasteiger partial charge < -0.3 is 15.5 Å². The smallest absolute Gasteiger partial charge is 0.221 e. The van der Waals surface area contributed by atoms with Crippen molar-refractivity contribution in [1.29, 1.82) is 0 Å². The van der Waals surface area contributed by atoms with Gasteiger partial charge in [0.25, 0.3) is 0 Å². The first-order valence-electron chi connectivity index (χ1n) is 7.38. The first-order chi connectivity index (χ1) is 9.66. The fourth-order valence-corrected chi connectivity index (χ4v) is 2.71. The third-order valence-corrected chi connectivity index (χ3v) is 3.89. The molecule has 0 radical (unpaired) electrons. The number of nitrogens with zero attached hydrogens (tertiary/aromatic N) is 1. The number of nitrogens with one attached hydrogen (secondary N) is 2. The Morgan fingerprint density at radius 2 is 2.15 bits per heavy atom. The average Bonchev–Trinajstić information content (AvgIpc) is 2.92. The summed E-state index contributed by atoms with van der Waals surface area (Å²) in [6.07, 6.45) is 2.89. The molecule has 1 aliphatic heterocycles. The maximum Gasteiger partial charge on any atom is 0.221 e. The van der Waals surface area contributed by atoms with Gasteiger partial charge in [-0.15, -0.1) is 0 Å². The van der Waals surface area contributed by atoms with E-state index in [0.29, 0.717) is 19.0 Å². The zero-order valence-electron chi connectivity index (χ0n) is 12.4. The van der Waals surface area contributed by atoms with E-state index in [2.05, 4.69) is 27.7 Å². The van der Waals surface area contributed by atoms with E-state index in [0.717, 1.165) is 13.0 Å². The van der Waals surface area contributed by atoms with E-state index in [1.807, 2.05) is 32.3 Å². The van der Waals surface area contributed by atoms with Crippen molar-refractivity contribution >= 4 is 5.91 Å². The Labute approximate surface area is 121 Å². The van der Waals surface area contributed by atoms with Crippen molar-refractivity contribution in [2.24, 2.45) is 0 Å². The lowest BCUT2D eigenvalue weighted by molar-refractivity contribution is -0.121. The van der Waals surface area contributed by atoms with Crippen LogP contribution in [0.25, 0.3) is 0 Å². The molecule has 110 valence electrons. The van der Waals surface area contributed by atoms with Gasteiger partial charge >= 0.3 is 0 Å². The molecule has 1 amide bonds. The summed E-state index contributed by atoms with van der Waals surface area (Å²) in [7, 11) is 4.09. The van der Waals surface area contributed by atoms with Gasteiger partial charge in [0, 0.05) is 19.0 Å². The van der Waals surface area contributed by atoms with Crippen molar-refractivity contribution < 1.29 is 4.79 Å². The highest BCUT2D eigenvalue weighted by atomic mass is 16.1. The van der Waals surface area contributed by atoms with E-state index in [4.69, 9.17) is 0 Å². The van der Waals surface area contributed by atoms with E-state index in [1.54, 1.807) is 0 Å². The highest BCUT2D eigenvalue weighted by Gasteiger charge is 2.19. The molecule has 1 aliphatic rings. The minimum atomic E-state index is 0.146. The van der Waals surface area contributed by atoms with Gasteiger partial charge in [0.15, 0.2) is 0 Å². The Bertz CT molecular complexity index is 413. The molecule has 0 saturated carbocycles. The normalized spacial score (nSPS) is 20.1. The van der Waals surface area contributed by atoms with E-state index in [9.17, 15) is 4.79 Å². The number of amides is 1. The number of rotatable bonds is 6. The molecule has 1 fully saturated rings. The molecule has 2 unspecified atom stereocenters.